The number of benzene rings is 1. The Bertz CT molecular complexity index is 640. The van der Waals surface area contributed by atoms with Crippen LogP contribution in [-0.4, -0.2) is 10.8 Å². The van der Waals surface area contributed by atoms with Crippen LogP contribution >= 0.6 is 23.2 Å². The van der Waals surface area contributed by atoms with Crippen molar-refractivity contribution < 1.29 is 0 Å². The molecule has 0 unspecified atom stereocenters. The number of nitrogens with zero attached hydrogens (tertiary/aromatic N) is 2. The van der Waals surface area contributed by atoms with Crippen LogP contribution in [0.3, 0.4) is 0 Å². The van der Waals surface area contributed by atoms with Gasteiger partial charge in [0.1, 0.15) is 0 Å². The van der Waals surface area contributed by atoms with Crippen molar-refractivity contribution in [2.75, 3.05) is 0 Å². The van der Waals surface area contributed by atoms with Gasteiger partial charge >= 0.3 is 0 Å². The van der Waals surface area contributed by atoms with Gasteiger partial charge in [-0.25, -0.2) is 0 Å². The van der Waals surface area contributed by atoms with Crippen molar-refractivity contribution in [3.8, 4) is 0 Å². The smallest absolute Gasteiger partial charge is 0.0645 e. The van der Waals surface area contributed by atoms with Crippen LogP contribution in [0.15, 0.2) is 41.7 Å². The van der Waals surface area contributed by atoms with Gasteiger partial charge in [-0.15, -0.1) is 0 Å². The third-order valence-corrected chi connectivity index (χ3v) is 4.74. The fourth-order valence-electron chi connectivity index (χ4n) is 2.83. The van der Waals surface area contributed by atoms with E-state index in [-0.39, 0.29) is 0 Å². The van der Waals surface area contributed by atoms with Gasteiger partial charge in [-0.2, -0.15) is 0 Å². The Labute approximate surface area is 135 Å². The molecule has 0 bridgehead atoms. The van der Waals surface area contributed by atoms with E-state index < -0.39 is 0 Å². The van der Waals surface area contributed by atoms with E-state index in [1.165, 1.54) is 32.1 Å². The predicted octanol–water partition coefficient (Wildman–Crippen LogP) is 6.05. The van der Waals surface area contributed by atoms with E-state index >= 15 is 0 Å². The summed E-state index contributed by atoms with van der Waals surface area (Å²) < 4.78 is 2.33. The van der Waals surface area contributed by atoms with Gasteiger partial charge in [-0.05, 0) is 37.1 Å². The van der Waals surface area contributed by atoms with Gasteiger partial charge in [-0.1, -0.05) is 42.5 Å². The van der Waals surface area contributed by atoms with E-state index in [0.717, 1.165) is 11.3 Å². The normalized spacial score (nSPS) is 16.7. The summed E-state index contributed by atoms with van der Waals surface area (Å²) >= 11 is 11.9. The number of aromatic nitrogens is 1. The Morgan fingerprint density at radius 1 is 1.05 bits per heavy atom. The molecule has 2 aromatic rings. The Morgan fingerprint density at radius 2 is 1.86 bits per heavy atom. The van der Waals surface area contributed by atoms with Gasteiger partial charge < -0.3 is 4.57 Å². The molecule has 3 rings (SSSR count). The lowest BCUT2D eigenvalue weighted by atomic mass is 9.95. The molecule has 1 aromatic heterocycles. The van der Waals surface area contributed by atoms with Crippen molar-refractivity contribution in [3.63, 3.8) is 0 Å². The van der Waals surface area contributed by atoms with Crippen LogP contribution in [0.4, 0.5) is 5.69 Å². The minimum Gasteiger partial charge on any atom is -0.351 e. The minimum atomic E-state index is 0.533. The lowest BCUT2D eigenvalue weighted by Gasteiger charge is -2.23. The van der Waals surface area contributed by atoms with Crippen LogP contribution in [-0.2, 0) is 0 Å². The van der Waals surface area contributed by atoms with Gasteiger partial charge in [0.05, 0.1) is 15.7 Å². The maximum absolute atomic E-state index is 5.99. The van der Waals surface area contributed by atoms with Gasteiger partial charge in [0, 0.05) is 30.2 Å². The zero-order valence-electron chi connectivity index (χ0n) is 11.8. The molecular weight excluding hydrogens is 303 g/mol. The Kier molecular flexibility index (Phi) is 4.67. The fraction of sp³-hybridized carbons (Fsp3) is 0.353. The molecule has 4 heteroatoms. The largest absolute Gasteiger partial charge is 0.351 e. The third kappa shape index (κ3) is 3.69. The summed E-state index contributed by atoms with van der Waals surface area (Å²) in [6.07, 6.45) is 12.9. The average Bonchev–Trinajstić information content (AvgIpc) is 2.98. The first-order chi connectivity index (χ1) is 10.2. The minimum absolute atomic E-state index is 0.533. The average molecular weight is 321 g/mol. The van der Waals surface area contributed by atoms with E-state index in [1.807, 2.05) is 12.3 Å². The van der Waals surface area contributed by atoms with E-state index in [1.54, 1.807) is 12.1 Å². The maximum Gasteiger partial charge on any atom is 0.0645 e. The number of aliphatic imine (C=N–C) groups is 1. The van der Waals surface area contributed by atoms with Crippen LogP contribution in [0.1, 0.15) is 43.7 Å². The van der Waals surface area contributed by atoms with Crippen LogP contribution in [0.5, 0.6) is 0 Å². The van der Waals surface area contributed by atoms with Crippen molar-refractivity contribution in [1.82, 2.24) is 4.57 Å². The van der Waals surface area contributed by atoms with Crippen LogP contribution in [0.25, 0.3) is 0 Å². The van der Waals surface area contributed by atoms with Gasteiger partial charge in [0.2, 0.25) is 0 Å². The van der Waals surface area contributed by atoms with Gasteiger partial charge in [-0.3, -0.25) is 4.99 Å². The second kappa shape index (κ2) is 6.67. The molecule has 0 N–H and O–H groups in total. The van der Waals surface area contributed by atoms with Crippen molar-refractivity contribution in [3.05, 3.63) is 52.3 Å². The monoisotopic (exact) mass is 320 g/mol. The molecule has 0 radical (unpaired) electrons. The first kappa shape index (κ1) is 14.7. The SMILES string of the molecule is Clc1ccc(N=Cc2ccn(C3CCCCC3)c2)cc1Cl. The zero-order valence-corrected chi connectivity index (χ0v) is 13.3. The highest BCUT2D eigenvalue weighted by molar-refractivity contribution is 6.42. The van der Waals surface area contributed by atoms with Crippen LogP contribution < -0.4 is 0 Å². The predicted molar refractivity (Wildman–Crippen MR) is 90.3 cm³/mol. The summed E-state index contributed by atoms with van der Waals surface area (Å²) in [6, 6.07) is 8.17. The number of halogens is 2. The van der Waals surface area contributed by atoms with Crippen LogP contribution in [0.2, 0.25) is 10.0 Å². The fourth-order valence-corrected chi connectivity index (χ4v) is 3.12. The van der Waals surface area contributed by atoms with Crippen molar-refractivity contribution in [2.24, 2.45) is 4.99 Å². The van der Waals surface area contributed by atoms with Crippen molar-refractivity contribution >= 4 is 35.1 Å². The first-order valence-corrected chi connectivity index (χ1v) is 8.14. The molecule has 2 nitrogen and oxygen atoms in total. The van der Waals surface area contributed by atoms with Crippen molar-refractivity contribution in [1.29, 1.82) is 0 Å². The summed E-state index contributed by atoms with van der Waals surface area (Å²) in [4.78, 5) is 4.46. The third-order valence-electron chi connectivity index (χ3n) is 4.00. The molecule has 21 heavy (non-hydrogen) atoms. The Hall–Kier alpha value is -1.25. The molecule has 0 saturated heterocycles. The van der Waals surface area contributed by atoms with Crippen molar-refractivity contribution in [2.45, 2.75) is 38.1 Å². The summed E-state index contributed by atoms with van der Waals surface area (Å²) in [5.74, 6) is 0. The molecule has 1 aromatic carbocycles. The second-order valence-electron chi connectivity index (χ2n) is 5.54. The molecule has 110 valence electrons. The first-order valence-electron chi connectivity index (χ1n) is 7.39. The van der Waals surface area contributed by atoms with Gasteiger partial charge in [0.25, 0.3) is 0 Å². The summed E-state index contributed by atoms with van der Waals surface area (Å²) in [6.45, 7) is 0. The molecule has 1 fully saturated rings. The van der Waals surface area contributed by atoms with Gasteiger partial charge in [0.15, 0.2) is 0 Å². The number of hydrogen-bond acceptors (Lipinski definition) is 1. The Morgan fingerprint density at radius 3 is 2.62 bits per heavy atom. The summed E-state index contributed by atoms with van der Waals surface area (Å²) in [5, 5.41) is 1.09. The topological polar surface area (TPSA) is 17.3 Å². The maximum atomic E-state index is 5.99. The highest BCUT2D eigenvalue weighted by atomic mass is 35.5. The summed E-state index contributed by atoms with van der Waals surface area (Å²) in [5.41, 5.74) is 1.93. The quantitative estimate of drug-likeness (QED) is 0.612. The number of hydrogen-bond donors (Lipinski definition) is 0. The van der Waals surface area contributed by atoms with E-state index in [2.05, 4.69) is 28.0 Å². The molecule has 1 aliphatic rings. The molecular formula is C17H18Cl2N2. The molecule has 0 aliphatic heterocycles. The van der Waals surface area contributed by atoms with Crippen LogP contribution in [0, 0.1) is 0 Å². The molecule has 0 amide bonds. The summed E-state index contributed by atoms with van der Waals surface area (Å²) in [7, 11) is 0. The number of rotatable bonds is 3. The van der Waals surface area contributed by atoms with E-state index in [9.17, 15) is 0 Å². The lowest BCUT2D eigenvalue weighted by molar-refractivity contribution is 0.354. The molecule has 1 aliphatic carbocycles. The molecule has 1 saturated carbocycles. The molecule has 1 heterocycles. The lowest BCUT2D eigenvalue weighted by Crippen LogP contribution is -2.10. The Balaban J connectivity index is 1.71. The standard InChI is InChI=1S/C17H18Cl2N2/c18-16-7-6-14(10-17(16)19)20-11-13-8-9-21(12-13)15-4-2-1-3-5-15/h6-12,15H,1-5H2. The molecule has 0 atom stereocenters. The zero-order chi connectivity index (χ0) is 14.7. The highest BCUT2D eigenvalue weighted by Gasteiger charge is 2.14. The second-order valence-corrected chi connectivity index (χ2v) is 6.35. The van der Waals surface area contributed by atoms with E-state index in [4.69, 9.17) is 23.2 Å². The van der Waals surface area contributed by atoms with E-state index in [0.29, 0.717) is 16.1 Å². The molecule has 0 spiro atoms. The highest BCUT2D eigenvalue weighted by Crippen LogP contribution is 2.29.